The van der Waals surface area contributed by atoms with Crippen molar-refractivity contribution in [3.63, 3.8) is 0 Å². The van der Waals surface area contributed by atoms with Crippen LogP contribution in [-0.2, 0) is 0 Å². The predicted octanol–water partition coefficient (Wildman–Crippen LogP) is 1.48. The smallest absolute Gasteiger partial charge is 0.0811 e. The first kappa shape index (κ1) is 9.56. The molecule has 0 unspecified atom stereocenters. The van der Waals surface area contributed by atoms with Crippen molar-refractivity contribution in [3.05, 3.63) is 4.91 Å². The molecule has 0 aliphatic heterocycles. The minimum atomic E-state index is 0.480. The molecule has 0 rings (SSSR count). The molecular formula is C7H16N2O. The highest BCUT2D eigenvalue weighted by Gasteiger charge is 1.90. The molecule has 0 aromatic rings. The summed E-state index contributed by atoms with van der Waals surface area (Å²) in [7, 11) is 4.11. The van der Waals surface area contributed by atoms with Gasteiger partial charge in [0.2, 0.25) is 0 Å². The van der Waals surface area contributed by atoms with E-state index < -0.39 is 0 Å². The minimum Gasteiger partial charge on any atom is -0.309 e. The van der Waals surface area contributed by atoms with Gasteiger partial charge in [-0.05, 0) is 33.5 Å². The second-order valence-electron chi connectivity index (χ2n) is 2.72. The van der Waals surface area contributed by atoms with Crippen LogP contribution in [0.4, 0.5) is 0 Å². The second-order valence-corrected chi connectivity index (χ2v) is 2.72. The maximum atomic E-state index is 9.64. The Hall–Kier alpha value is -0.440. The summed E-state index contributed by atoms with van der Waals surface area (Å²) in [6.45, 7) is 1.59. The van der Waals surface area contributed by atoms with Crippen LogP contribution in [0.1, 0.15) is 19.3 Å². The van der Waals surface area contributed by atoms with Crippen LogP contribution in [-0.4, -0.2) is 32.1 Å². The monoisotopic (exact) mass is 144 g/mol. The van der Waals surface area contributed by atoms with Crippen LogP contribution in [0.3, 0.4) is 0 Å². The molecule has 0 bridgehead atoms. The summed E-state index contributed by atoms with van der Waals surface area (Å²) >= 11 is 0. The molecule has 0 saturated heterocycles. The van der Waals surface area contributed by atoms with Crippen LogP contribution < -0.4 is 0 Å². The number of rotatable bonds is 6. The topological polar surface area (TPSA) is 32.7 Å². The zero-order chi connectivity index (χ0) is 7.82. The van der Waals surface area contributed by atoms with Crippen LogP contribution in [0.2, 0.25) is 0 Å². The van der Waals surface area contributed by atoms with E-state index in [1.165, 1.54) is 6.42 Å². The molecule has 0 fully saturated rings. The van der Waals surface area contributed by atoms with Crippen LogP contribution in [0.15, 0.2) is 5.18 Å². The lowest BCUT2D eigenvalue weighted by molar-refractivity contribution is 0.392. The van der Waals surface area contributed by atoms with E-state index >= 15 is 0 Å². The quantitative estimate of drug-likeness (QED) is 0.418. The van der Waals surface area contributed by atoms with Crippen molar-refractivity contribution < 1.29 is 0 Å². The van der Waals surface area contributed by atoms with Crippen LogP contribution in [0.5, 0.6) is 0 Å². The van der Waals surface area contributed by atoms with Crippen molar-refractivity contribution in [3.8, 4) is 0 Å². The fourth-order valence-corrected chi connectivity index (χ4v) is 0.781. The van der Waals surface area contributed by atoms with E-state index in [1.54, 1.807) is 0 Å². The number of nitroso groups, excluding NO2 is 1. The molecule has 0 N–H and O–H groups in total. The zero-order valence-corrected chi connectivity index (χ0v) is 6.84. The Kier molecular flexibility index (Phi) is 6.38. The summed E-state index contributed by atoms with van der Waals surface area (Å²) in [5.74, 6) is 0. The van der Waals surface area contributed by atoms with Gasteiger partial charge in [0.1, 0.15) is 0 Å². The van der Waals surface area contributed by atoms with Gasteiger partial charge in [0, 0.05) is 0 Å². The minimum absolute atomic E-state index is 0.480. The summed E-state index contributed by atoms with van der Waals surface area (Å²) in [4.78, 5) is 11.8. The first-order valence-corrected chi connectivity index (χ1v) is 3.71. The molecule has 0 aliphatic carbocycles. The highest BCUT2D eigenvalue weighted by atomic mass is 16.3. The van der Waals surface area contributed by atoms with Gasteiger partial charge in [0.25, 0.3) is 0 Å². The van der Waals surface area contributed by atoms with Crippen molar-refractivity contribution >= 4 is 0 Å². The molecule has 0 aliphatic rings. The van der Waals surface area contributed by atoms with Crippen molar-refractivity contribution in [2.75, 3.05) is 27.2 Å². The highest BCUT2D eigenvalue weighted by Crippen LogP contribution is 1.95. The van der Waals surface area contributed by atoms with E-state index in [9.17, 15) is 4.91 Å². The van der Waals surface area contributed by atoms with Gasteiger partial charge >= 0.3 is 0 Å². The molecule has 0 aromatic carbocycles. The Morgan fingerprint density at radius 2 is 1.90 bits per heavy atom. The van der Waals surface area contributed by atoms with Gasteiger partial charge in [-0.25, -0.2) is 0 Å². The Labute approximate surface area is 62.4 Å². The normalized spacial score (nSPS) is 10.3. The summed E-state index contributed by atoms with van der Waals surface area (Å²) < 4.78 is 0. The summed E-state index contributed by atoms with van der Waals surface area (Å²) in [6.07, 6.45) is 3.23. The third kappa shape index (κ3) is 7.56. The van der Waals surface area contributed by atoms with Crippen molar-refractivity contribution in [1.82, 2.24) is 4.90 Å². The number of hydrogen-bond donors (Lipinski definition) is 0. The molecule has 0 radical (unpaired) electrons. The van der Waals surface area contributed by atoms with Crippen LogP contribution >= 0.6 is 0 Å². The molecule has 0 amide bonds. The van der Waals surface area contributed by atoms with E-state index in [2.05, 4.69) is 24.2 Å². The van der Waals surface area contributed by atoms with Gasteiger partial charge in [0.05, 0.1) is 6.54 Å². The second kappa shape index (κ2) is 6.68. The molecule has 10 heavy (non-hydrogen) atoms. The zero-order valence-electron chi connectivity index (χ0n) is 6.84. The average molecular weight is 144 g/mol. The predicted molar refractivity (Wildman–Crippen MR) is 43.1 cm³/mol. The fourth-order valence-electron chi connectivity index (χ4n) is 0.781. The largest absolute Gasteiger partial charge is 0.309 e. The van der Waals surface area contributed by atoms with E-state index in [-0.39, 0.29) is 0 Å². The Bertz CT molecular complexity index is 83.7. The fraction of sp³-hybridized carbons (Fsp3) is 1.00. The molecule has 0 spiro atoms. The third-order valence-corrected chi connectivity index (χ3v) is 1.35. The van der Waals surface area contributed by atoms with Crippen molar-refractivity contribution in [2.24, 2.45) is 5.18 Å². The van der Waals surface area contributed by atoms with Gasteiger partial charge in [-0.15, -0.1) is 0 Å². The molecule has 0 atom stereocenters. The van der Waals surface area contributed by atoms with E-state index in [0.717, 1.165) is 19.4 Å². The van der Waals surface area contributed by atoms with Gasteiger partial charge in [-0.2, -0.15) is 4.91 Å². The lowest BCUT2D eigenvalue weighted by Gasteiger charge is -2.07. The molecule has 0 heterocycles. The maximum Gasteiger partial charge on any atom is 0.0811 e. The standard InChI is InChI=1S/C7H16N2O/c1-9(2)7-5-3-4-6-8-10/h3-7H2,1-2H3. The Morgan fingerprint density at radius 1 is 1.20 bits per heavy atom. The van der Waals surface area contributed by atoms with Gasteiger partial charge in [0.15, 0.2) is 0 Å². The number of nitrogens with zero attached hydrogens (tertiary/aromatic N) is 2. The average Bonchev–Trinajstić information content (AvgIpc) is 1.87. The van der Waals surface area contributed by atoms with E-state index in [0.29, 0.717) is 6.54 Å². The van der Waals surface area contributed by atoms with E-state index in [1.807, 2.05) is 0 Å². The summed E-state index contributed by atoms with van der Waals surface area (Å²) in [5.41, 5.74) is 0. The number of hydrogen-bond acceptors (Lipinski definition) is 3. The first-order chi connectivity index (χ1) is 4.77. The lowest BCUT2D eigenvalue weighted by atomic mass is 10.2. The maximum absolute atomic E-state index is 9.64. The molecule has 0 saturated carbocycles. The Morgan fingerprint density at radius 3 is 2.40 bits per heavy atom. The third-order valence-electron chi connectivity index (χ3n) is 1.35. The molecule has 0 aromatic heterocycles. The SMILES string of the molecule is CN(C)CCCCCN=O. The number of unbranched alkanes of at least 4 members (excludes halogenated alkanes) is 2. The van der Waals surface area contributed by atoms with Crippen molar-refractivity contribution in [2.45, 2.75) is 19.3 Å². The van der Waals surface area contributed by atoms with Gasteiger partial charge < -0.3 is 4.90 Å². The lowest BCUT2D eigenvalue weighted by Crippen LogP contribution is -2.12. The molecule has 60 valence electrons. The molecular weight excluding hydrogens is 128 g/mol. The molecule has 3 heteroatoms. The Balaban J connectivity index is 2.83. The van der Waals surface area contributed by atoms with E-state index in [4.69, 9.17) is 0 Å². The van der Waals surface area contributed by atoms with Crippen LogP contribution in [0, 0.1) is 4.91 Å². The van der Waals surface area contributed by atoms with Gasteiger partial charge in [-0.3, -0.25) is 0 Å². The first-order valence-electron chi connectivity index (χ1n) is 3.71. The molecule has 3 nitrogen and oxygen atoms in total. The highest BCUT2D eigenvalue weighted by molar-refractivity contribution is 4.47. The van der Waals surface area contributed by atoms with Gasteiger partial charge in [-0.1, -0.05) is 11.6 Å². The van der Waals surface area contributed by atoms with Crippen molar-refractivity contribution in [1.29, 1.82) is 0 Å². The summed E-state index contributed by atoms with van der Waals surface area (Å²) in [6, 6.07) is 0. The summed E-state index contributed by atoms with van der Waals surface area (Å²) in [5, 5.41) is 2.79. The van der Waals surface area contributed by atoms with Crippen LogP contribution in [0.25, 0.3) is 0 Å².